The standard InChI is InChI=1S/C21H25N7O2/c1-16-4-6-18(7-5-16)30-10-8-23-21(29)17-3-2-9-27(12-17)19-11-20(25-14-24-19)28-15-22-13-26-28/h4-7,11,13-15,17H,2-3,8-10,12H2,1H3,(H,23,29). The number of anilines is 1. The molecule has 9 nitrogen and oxygen atoms in total. The Labute approximate surface area is 175 Å². The Morgan fingerprint density at radius 2 is 2.03 bits per heavy atom. The number of piperidine rings is 1. The Balaban J connectivity index is 1.28. The van der Waals surface area contributed by atoms with E-state index in [4.69, 9.17) is 4.74 Å². The van der Waals surface area contributed by atoms with Crippen molar-refractivity contribution >= 4 is 11.7 Å². The van der Waals surface area contributed by atoms with Gasteiger partial charge in [0.2, 0.25) is 5.91 Å². The van der Waals surface area contributed by atoms with Crippen LogP contribution in [0.3, 0.4) is 0 Å². The minimum absolute atomic E-state index is 0.0535. The average molecular weight is 407 g/mol. The summed E-state index contributed by atoms with van der Waals surface area (Å²) < 4.78 is 7.27. The maximum atomic E-state index is 12.6. The van der Waals surface area contributed by atoms with E-state index in [0.717, 1.165) is 31.0 Å². The summed E-state index contributed by atoms with van der Waals surface area (Å²) in [5.41, 5.74) is 1.19. The fourth-order valence-electron chi connectivity index (χ4n) is 3.48. The third-order valence-corrected chi connectivity index (χ3v) is 5.10. The summed E-state index contributed by atoms with van der Waals surface area (Å²) in [5, 5.41) is 7.10. The van der Waals surface area contributed by atoms with Crippen LogP contribution in [0.25, 0.3) is 5.82 Å². The molecule has 9 heteroatoms. The third kappa shape index (κ3) is 4.91. The Kier molecular flexibility index (Phi) is 6.17. The molecule has 4 rings (SSSR count). The number of hydrogen-bond donors (Lipinski definition) is 1. The Morgan fingerprint density at radius 1 is 1.20 bits per heavy atom. The van der Waals surface area contributed by atoms with E-state index in [1.54, 1.807) is 11.0 Å². The Hall–Kier alpha value is -3.49. The highest BCUT2D eigenvalue weighted by atomic mass is 16.5. The van der Waals surface area contributed by atoms with Gasteiger partial charge in [-0.05, 0) is 31.9 Å². The first-order valence-corrected chi connectivity index (χ1v) is 10.1. The molecule has 1 aromatic carbocycles. The number of aromatic nitrogens is 5. The molecule has 0 saturated carbocycles. The van der Waals surface area contributed by atoms with Crippen molar-refractivity contribution in [3.05, 3.63) is 54.9 Å². The van der Waals surface area contributed by atoms with Crippen LogP contribution in [0, 0.1) is 12.8 Å². The van der Waals surface area contributed by atoms with Crippen molar-refractivity contribution in [2.75, 3.05) is 31.1 Å². The summed E-state index contributed by atoms with van der Waals surface area (Å²) in [6.07, 6.45) is 6.37. The predicted octanol–water partition coefficient (Wildman–Crippen LogP) is 1.78. The zero-order valence-corrected chi connectivity index (χ0v) is 16.9. The average Bonchev–Trinajstić information content (AvgIpc) is 3.33. The third-order valence-electron chi connectivity index (χ3n) is 5.10. The molecule has 1 saturated heterocycles. The van der Waals surface area contributed by atoms with Crippen LogP contribution >= 0.6 is 0 Å². The van der Waals surface area contributed by atoms with E-state index in [0.29, 0.717) is 25.5 Å². The number of hydrogen-bond acceptors (Lipinski definition) is 7. The van der Waals surface area contributed by atoms with E-state index in [1.165, 1.54) is 18.2 Å². The van der Waals surface area contributed by atoms with Gasteiger partial charge in [0, 0.05) is 19.2 Å². The lowest BCUT2D eigenvalue weighted by Crippen LogP contribution is -2.44. The van der Waals surface area contributed by atoms with Gasteiger partial charge in [-0.25, -0.2) is 19.6 Å². The van der Waals surface area contributed by atoms with E-state index < -0.39 is 0 Å². The van der Waals surface area contributed by atoms with Gasteiger partial charge < -0.3 is 15.0 Å². The van der Waals surface area contributed by atoms with E-state index >= 15 is 0 Å². The number of aryl methyl sites for hydroxylation is 1. The van der Waals surface area contributed by atoms with Gasteiger partial charge in [-0.15, -0.1) is 0 Å². The lowest BCUT2D eigenvalue weighted by molar-refractivity contribution is -0.125. The first kappa shape index (κ1) is 19.8. The van der Waals surface area contributed by atoms with Crippen LogP contribution in [-0.4, -0.2) is 56.9 Å². The molecule has 1 aliphatic rings. The molecule has 1 aliphatic heterocycles. The van der Waals surface area contributed by atoms with Crippen molar-refractivity contribution in [1.82, 2.24) is 30.0 Å². The van der Waals surface area contributed by atoms with Crippen LogP contribution in [0.15, 0.2) is 49.3 Å². The maximum Gasteiger partial charge on any atom is 0.225 e. The summed E-state index contributed by atoms with van der Waals surface area (Å²) in [6.45, 7) is 4.44. The van der Waals surface area contributed by atoms with Crippen molar-refractivity contribution in [3.8, 4) is 11.6 Å². The summed E-state index contributed by atoms with van der Waals surface area (Å²) in [5.74, 6) is 2.22. The van der Waals surface area contributed by atoms with Crippen LogP contribution < -0.4 is 15.0 Å². The normalized spacial score (nSPS) is 16.3. The molecule has 30 heavy (non-hydrogen) atoms. The van der Waals surface area contributed by atoms with Crippen molar-refractivity contribution in [2.24, 2.45) is 5.92 Å². The zero-order chi connectivity index (χ0) is 20.8. The van der Waals surface area contributed by atoms with Gasteiger partial charge in [0.25, 0.3) is 0 Å². The van der Waals surface area contributed by atoms with Crippen LogP contribution in [0.4, 0.5) is 5.82 Å². The highest BCUT2D eigenvalue weighted by Gasteiger charge is 2.26. The van der Waals surface area contributed by atoms with E-state index in [-0.39, 0.29) is 11.8 Å². The van der Waals surface area contributed by atoms with Crippen LogP contribution in [0.1, 0.15) is 18.4 Å². The monoisotopic (exact) mass is 407 g/mol. The van der Waals surface area contributed by atoms with E-state index in [9.17, 15) is 4.79 Å². The van der Waals surface area contributed by atoms with Gasteiger partial charge in [-0.2, -0.15) is 5.10 Å². The summed E-state index contributed by atoms with van der Waals surface area (Å²) in [4.78, 5) is 27.3. The zero-order valence-electron chi connectivity index (χ0n) is 16.9. The molecule has 2 aromatic heterocycles. The number of amides is 1. The van der Waals surface area contributed by atoms with Gasteiger partial charge in [0.05, 0.1) is 12.5 Å². The molecule has 1 fully saturated rings. The van der Waals surface area contributed by atoms with Crippen LogP contribution in [-0.2, 0) is 4.79 Å². The molecule has 156 valence electrons. The number of carbonyl (C=O) groups excluding carboxylic acids is 1. The smallest absolute Gasteiger partial charge is 0.225 e. The van der Waals surface area contributed by atoms with Crippen molar-refractivity contribution in [1.29, 1.82) is 0 Å². The van der Waals surface area contributed by atoms with E-state index in [2.05, 4.69) is 30.3 Å². The molecule has 1 amide bonds. The van der Waals surface area contributed by atoms with Gasteiger partial charge in [-0.3, -0.25) is 4.79 Å². The van der Waals surface area contributed by atoms with E-state index in [1.807, 2.05) is 37.3 Å². The summed E-state index contributed by atoms with van der Waals surface area (Å²) >= 11 is 0. The van der Waals surface area contributed by atoms with Crippen molar-refractivity contribution in [2.45, 2.75) is 19.8 Å². The topological polar surface area (TPSA) is 98.1 Å². The molecule has 3 aromatic rings. The summed E-state index contributed by atoms with van der Waals surface area (Å²) in [6, 6.07) is 9.75. The first-order valence-electron chi connectivity index (χ1n) is 10.1. The van der Waals surface area contributed by atoms with Gasteiger partial charge in [-0.1, -0.05) is 17.7 Å². The minimum atomic E-state index is -0.0806. The Bertz CT molecular complexity index is 960. The number of nitrogens with one attached hydrogen (secondary N) is 1. The molecule has 0 bridgehead atoms. The highest BCUT2D eigenvalue weighted by Crippen LogP contribution is 2.22. The molecule has 1 N–H and O–H groups in total. The minimum Gasteiger partial charge on any atom is -0.492 e. The second kappa shape index (κ2) is 9.34. The predicted molar refractivity (Wildman–Crippen MR) is 112 cm³/mol. The van der Waals surface area contributed by atoms with Crippen LogP contribution in [0.2, 0.25) is 0 Å². The molecule has 1 unspecified atom stereocenters. The number of carbonyl (C=O) groups is 1. The van der Waals surface area contributed by atoms with Crippen LogP contribution in [0.5, 0.6) is 5.75 Å². The molecular weight excluding hydrogens is 382 g/mol. The van der Waals surface area contributed by atoms with Gasteiger partial charge >= 0.3 is 0 Å². The second-order valence-electron chi connectivity index (χ2n) is 7.31. The molecule has 0 aliphatic carbocycles. The number of rotatable bonds is 7. The lowest BCUT2D eigenvalue weighted by atomic mass is 9.97. The maximum absolute atomic E-state index is 12.6. The quantitative estimate of drug-likeness (QED) is 0.596. The fraction of sp³-hybridized carbons (Fsp3) is 0.381. The Morgan fingerprint density at radius 3 is 2.83 bits per heavy atom. The largest absolute Gasteiger partial charge is 0.492 e. The van der Waals surface area contributed by atoms with Crippen molar-refractivity contribution < 1.29 is 9.53 Å². The molecule has 3 heterocycles. The van der Waals surface area contributed by atoms with Gasteiger partial charge in [0.1, 0.15) is 37.2 Å². The summed E-state index contributed by atoms with van der Waals surface area (Å²) in [7, 11) is 0. The highest BCUT2D eigenvalue weighted by molar-refractivity contribution is 5.79. The number of ether oxygens (including phenoxy) is 1. The molecule has 1 atom stereocenters. The lowest BCUT2D eigenvalue weighted by Gasteiger charge is -2.32. The number of nitrogens with zero attached hydrogens (tertiary/aromatic N) is 6. The molecule has 0 radical (unpaired) electrons. The van der Waals surface area contributed by atoms with Gasteiger partial charge in [0.15, 0.2) is 5.82 Å². The van der Waals surface area contributed by atoms with Crippen molar-refractivity contribution in [3.63, 3.8) is 0 Å². The SMILES string of the molecule is Cc1ccc(OCCNC(=O)C2CCCN(c3cc(-n4cncn4)ncn3)C2)cc1. The fourth-order valence-corrected chi connectivity index (χ4v) is 3.48. The molecule has 0 spiro atoms. The second-order valence-corrected chi connectivity index (χ2v) is 7.31. The molecular formula is C21H25N7O2. The first-order chi connectivity index (χ1) is 14.7. The number of benzene rings is 1.